The van der Waals surface area contributed by atoms with Crippen molar-refractivity contribution >= 4 is 50.8 Å². The van der Waals surface area contributed by atoms with Gasteiger partial charge in [0, 0.05) is 30.5 Å². The van der Waals surface area contributed by atoms with Gasteiger partial charge in [-0.3, -0.25) is 9.59 Å². The normalized spacial score (nSPS) is 13.1. The molecule has 0 bridgehead atoms. The van der Waals surface area contributed by atoms with Gasteiger partial charge in [-0.2, -0.15) is 0 Å². The molecular formula is C22H25N3O3S3. The Bertz CT molecular complexity index is 1040. The highest BCUT2D eigenvalue weighted by atomic mass is 32.1. The van der Waals surface area contributed by atoms with E-state index in [1.807, 2.05) is 22.9 Å². The van der Waals surface area contributed by atoms with Gasteiger partial charge in [0.05, 0.1) is 22.6 Å². The van der Waals surface area contributed by atoms with E-state index in [-0.39, 0.29) is 18.2 Å². The maximum absolute atomic E-state index is 12.9. The predicted molar refractivity (Wildman–Crippen MR) is 128 cm³/mol. The first-order chi connectivity index (χ1) is 15.2. The van der Waals surface area contributed by atoms with E-state index in [9.17, 15) is 9.59 Å². The quantitative estimate of drug-likeness (QED) is 0.437. The summed E-state index contributed by atoms with van der Waals surface area (Å²) in [4.78, 5) is 32.6. The van der Waals surface area contributed by atoms with Crippen LogP contribution in [0.25, 0.3) is 9.88 Å². The first kappa shape index (κ1) is 22.1. The summed E-state index contributed by atoms with van der Waals surface area (Å²) in [5, 5.41) is 11.5. The molecule has 3 aromatic heterocycles. The van der Waals surface area contributed by atoms with Crippen molar-refractivity contribution in [2.24, 2.45) is 0 Å². The van der Waals surface area contributed by atoms with Gasteiger partial charge in [0.25, 0.3) is 5.91 Å². The van der Waals surface area contributed by atoms with Gasteiger partial charge >= 0.3 is 0 Å². The highest BCUT2D eigenvalue weighted by molar-refractivity contribution is 7.20. The number of fused-ring (bicyclic) bond motifs is 1. The van der Waals surface area contributed by atoms with Gasteiger partial charge in [0.1, 0.15) is 10.0 Å². The van der Waals surface area contributed by atoms with Crippen LogP contribution in [0.15, 0.2) is 22.9 Å². The number of thiazole rings is 1. The Labute approximate surface area is 193 Å². The Balaban J connectivity index is 1.46. The first-order valence-electron chi connectivity index (χ1n) is 10.4. The number of carbonyl (C=O) groups excluding carboxylic acids is 2. The van der Waals surface area contributed by atoms with Crippen LogP contribution >= 0.6 is 34.0 Å². The number of anilines is 1. The molecule has 0 radical (unpaired) electrons. The Kier molecular flexibility index (Phi) is 7.49. The lowest BCUT2D eigenvalue weighted by Gasteiger charge is -2.13. The number of nitrogens with one attached hydrogen (secondary N) is 2. The lowest BCUT2D eigenvalue weighted by Crippen LogP contribution is -2.27. The smallest absolute Gasteiger partial charge is 0.254 e. The van der Waals surface area contributed by atoms with E-state index in [0.717, 1.165) is 53.2 Å². The average molecular weight is 476 g/mol. The fourth-order valence-corrected chi connectivity index (χ4v) is 6.57. The van der Waals surface area contributed by atoms with E-state index >= 15 is 0 Å². The van der Waals surface area contributed by atoms with Crippen molar-refractivity contribution in [3.63, 3.8) is 0 Å². The van der Waals surface area contributed by atoms with E-state index in [2.05, 4.69) is 15.6 Å². The molecule has 6 nitrogen and oxygen atoms in total. The summed E-state index contributed by atoms with van der Waals surface area (Å²) in [5.41, 5.74) is 2.49. The minimum Gasteiger partial charge on any atom is -0.385 e. The molecule has 3 heterocycles. The molecule has 2 amide bonds. The molecule has 2 N–H and O–H groups in total. The van der Waals surface area contributed by atoms with Gasteiger partial charge in [0.2, 0.25) is 5.91 Å². The van der Waals surface area contributed by atoms with Crippen molar-refractivity contribution in [2.45, 2.75) is 38.5 Å². The third kappa shape index (κ3) is 5.41. The average Bonchev–Trinajstić information content (AvgIpc) is 3.50. The number of ether oxygens (including phenoxy) is 1. The van der Waals surface area contributed by atoms with Crippen molar-refractivity contribution in [1.29, 1.82) is 0 Å². The van der Waals surface area contributed by atoms with E-state index in [1.54, 1.807) is 41.1 Å². The van der Waals surface area contributed by atoms with Crippen LogP contribution in [0.5, 0.6) is 0 Å². The van der Waals surface area contributed by atoms with Gasteiger partial charge in [-0.25, -0.2) is 4.98 Å². The number of hydrogen-bond acceptors (Lipinski definition) is 7. The van der Waals surface area contributed by atoms with Crippen LogP contribution in [0.1, 0.15) is 45.8 Å². The van der Waals surface area contributed by atoms with E-state index in [0.29, 0.717) is 23.7 Å². The van der Waals surface area contributed by atoms with Gasteiger partial charge in [-0.05, 0) is 49.1 Å². The zero-order chi connectivity index (χ0) is 21.6. The fourth-order valence-electron chi connectivity index (χ4n) is 3.64. The van der Waals surface area contributed by atoms with Crippen LogP contribution in [-0.4, -0.2) is 37.1 Å². The Hall–Kier alpha value is -2.07. The van der Waals surface area contributed by atoms with E-state index in [1.165, 1.54) is 4.88 Å². The monoisotopic (exact) mass is 475 g/mol. The summed E-state index contributed by atoms with van der Waals surface area (Å²) in [6.45, 7) is 1.15. The molecule has 0 aliphatic heterocycles. The van der Waals surface area contributed by atoms with Crippen molar-refractivity contribution in [3.8, 4) is 9.88 Å². The SMILES string of the molecule is COCCCNC(=O)c1c(NC(=O)Cc2csc(-c3cccs3)n2)sc2c1CCCC2. The van der Waals surface area contributed by atoms with Crippen LogP contribution in [0.2, 0.25) is 0 Å². The predicted octanol–water partition coefficient (Wildman–Crippen LogP) is 4.76. The van der Waals surface area contributed by atoms with Crippen LogP contribution in [0.3, 0.4) is 0 Å². The summed E-state index contributed by atoms with van der Waals surface area (Å²) >= 11 is 4.73. The first-order valence-corrected chi connectivity index (χ1v) is 12.9. The zero-order valence-corrected chi connectivity index (χ0v) is 19.8. The molecular weight excluding hydrogens is 450 g/mol. The molecule has 3 aromatic rings. The lowest BCUT2D eigenvalue weighted by molar-refractivity contribution is -0.115. The van der Waals surface area contributed by atoms with Gasteiger partial charge < -0.3 is 15.4 Å². The molecule has 0 aromatic carbocycles. The van der Waals surface area contributed by atoms with Gasteiger partial charge in [-0.15, -0.1) is 34.0 Å². The minimum atomic E-state index is -0.143. The number of carbonyl (C=O) groups is 2. The van der Waals surface area contributed by atoms with Crippen LogP contribution in [0, 0.1) is 0 Å². The maximum Gasteiger partial charge on any atom is 0.254 e. The van der Waals surface area contributed by atoms with Crippen LogP contribution in [-0.2, 0) is 28.8 Å². The molecule has 1 aliphatic carbocycles. The fraction of sp³-hybridized carbons (Fsp3) is 0.409. The van der Waals surface area contributed by atoms with Crippen LogP contribution in [0.4, 0.5) is 5.00 Å². The number of amides is 2. The van der Waals surface area contributed by atoms with Gasteiger partial charge in [-0.1, -0.05) is 6.07 Å². The van der Waals surface area contributed by atoms with E-state index in [4.69, 9.17) is 4.74 Å². The standard InChI is InChI=1S/C22H25N3O3S3/c1-28-10-5-9-23-20(27)19-15-6-2-3-7-16(15)31-22(19)25-18(26)12-14-13-30-21(24-14)17-8-4-11-29-17/h4,8,11,13H,2-3,5-7,9-10,12H2,1H3,(H,23,27)(H,25,26). The van der Waals surface area contributed by atoms with Gasteiger partial charge in [0.15, 0.2) is 0 Å². The molecule has 1 aliphatic rings. The third-order valence-electron chi connectivity index (χ3n) is 5.09. The highest BCUT2D eigenvalue weighted by Crippen LogP contribution is 2.38. The Morgan fingerprint density at radius 1 is 1.23 bits per heavy atom. The summed E-state index contributed by atoms with van der Waals surface area (Å²) in [5.74, 6) is -0.255. The summed E-state index contributed by atoms with van der Waals surface area (Å²) in [6, 6.07) is 4.02. The van der Waals surface area contributed by atoms with Crippen molar-refractivity contribution in [2.75, 3.05) is 25.6 Å². The second-order valence-corrected chi connectivity index (χ2v) is 10.3. The van der Waals surface area contributed by atoms with Crippen LogP contribution < -0.4 is 10.6 Å². The molecule has 0 atom stereocenters. The third-order valence-corrected chi connectivity index (χ3v) is 8.22. The van der Waals surface area contributed by atoms with E-state index < -0.39 is 0 Å². The summed E-state index contributed by atoms with van der Waals surface area (Å²) in [6.07, 6.45) is 5.01. The molecule has 4 rings (SSSR count). The topological polar surface area (TPSA) is 80.3 Å². The number of thiophene rings is 2. The molecule has 0 saturated carbocycles. The summed E-state index contributed by atoms with van der Waals surface area (Å²) < 4.78 is 5.05. The van der Waals surface area contributed by atoms with Crippen molar-refractivity contribution in [3.05, 3.63) is 44.6 Å². The minimum absolute atomic E-state index is 0.112. The molecule has 9 heteroatoms. The largest absolute Gasteiger partial charge is 0.385 e. The molecule has 164 valence electrons. The number of nitrogens with zero attached hydrogens (tertiary/aromatic N) is 1. The number of rotatable bonds is 9. The molecule has 31 heavy (non-hydrogen) atoms. The number of methoxy groups -OCH3 is 1. The zero-order valence-electron chi connectivity index (χ0n) is 17.4. The number of hydrogen-bond donors (Lipinski definition) is 2. The number of aromatic nitrogens is 1. The second-order valence-electron chi connectivity index (χ2n) is 7.36. The molecule has 0 saturated heterocycles. The Morgan fingerprint density at radius 3 is 2.90 bits per heavy atom. The van der Waals surface area contributed by atoms with Crippen molar-refractivity contribution < 1.29 is 14.3 Å². The molecule has 0 fully saturated rings. The van der Waals surface area contributed by atoms with Crippen molar-refractivity contribution in [1.82, 2.24) is 10.3 Å². The molecule has 0 spiro atoms. The maximum atomic E-state index is 12.9. The highest BCUT2D eigenvalue weighted by Gasteiger charge is 2.26. The second kappa shape index (κ2) is 10.5. The molecule has 0 unspecified atom stereocenters. The Morgan fingerprint density at radius 2 is 2.10 bits per heavy atom. The summed E-state index contributed by atoms with van der Waals surface area (Å²) in [7, 11) is 1.65. The lowest BCUT2D eigenvalue weighted by atomic mass is 9.95. The number of aryl methyl sites for hydroxylation is 1.